The molecule has 2 amide bonds. The van der Waals surface area contributed by atoms with Gasteiger partial charge in [0.2, 0.25) is 0 Å². The number of carbonyl (C=O) groups excluding carboxylic acids is 1. The third-order valence-electron chi connectivity index (χ3n) is 4.50. The molecule has 3 N–H and O–H groups in total. The second-order valence-electron chi connectivity index (χ2n) is 5.97. The third kappa shape index (κ3) is 3.81. The Labute approximate surface area is 124 Å². The molecule has 0 spiro atoms. The van der Waals surface area contributed by atoms with Gasteiger partial charge in [-0.1, -0.05) is 19.3 Å². The molecule has 20 heavy (non-hydrogen) atoms. The average molecular weight is 300 g/mol. The predicted octanol–water partition coefficient (Wildman–Crippen LogP) is 2.36. The summed E-state index contributed by atoms with van der Waals surface area (Å²) in [6.07, 6.45) is 8.93. The monoisotopic (exact) mass is 300 g/mol. The van der Waals surface area contributed by atoms with E-state index in [0.717, 1.165) is 44.9 Å². The lowest BCUT2D eigenvalue weighted by Crippen LogP contribution is -2.54. The van der Waals surface area contributed by atoms with Gasteiger partial charge in [0.15, 0.2) is 0 Å². The van der Waals surface area contributed by atoms with Crippen LogP contribution >= 0.6 is 11.8 Å². The lowest BCUT2D eigenvalue weighted by atomic mass is 9.93. The average Bonchev–Trinajstić information content (AvgIpc) is 2.97. The van der Waals surface area contributed by atoms with Crippen LogP contribution in [0.25, 0.3) is 0 Å². The fourth-order valence-electron chi connectivity index (χ4n) is 3.51. The molecule has 2 aliphatic carbocycles. The molecule has 2 fully saturated rings. The molecule has 0 aliphatic heterocycles. The largest absolute Gasteiger partial charge is 0.481 e. The molecule has 0 bridgehead atoms. The van der Waals surface area contributed by atoms with Crippen molar-refractivity contribution in [2.24, 2.45) is 0 Å². The molecule has 2 unspecified atom stereocenters. The van der Waals surface area contributed by atoms with Crippen LogP contribution in [0.4, 0.5) is 4.79 Å². The number of thioether (sulfide) groups is 1. The fraction of sp³-hybridized carbons (Fsp3) is 0.857. The van der Waals surface area contributed by atoms with E-state index in [1.165, 1.54) is 0 Å². The number of carboxylic acids is 1. The Balaban J connectivity index is 1.90. The summed E-state index contributed by atoms with van der Waals surface area (Å²) < 4.78 is 0. The van der Waals surface area contributed by atoms with Crippen LogP contribution in [-0.2, 0) is 4.79 Å². The minimum atomic E-state index is -0.838. The van der Waals surface area contributed by atoms with Crippen LogP contribution in [0.15, 0.2) is 0 Å². The van der Waals surface area contributed by atoms with Crippen molar-refractivity contribution in [2.45, 2.75) is 68.2 Å². The van der Waals surface area contributed by atoms with E-state index < -0.39 is 11.5 Å². The maximum Gasteiger partial charge on any atom is 0.315 e. The van der Waals surface area contributed by atoms with Gasteiger partial charge in [-0.05, 0) is 31.9 Å². The molecule has 0 aromatic heterocycles. The van der Waals surface area contributed by atoms with Gasteiger partial charge in [-0.25, -0.2) is 4.79 Å². The van der Waals surface area contributed by atoms with Crippen LogP contribution in [0.1, 0.15) is 51.4 Å². The van der Waals surface area contributed by atoms with E-state index in [9.17, 15) is 9.59 Å². The van der Waals surface area contributed by atoms with Gasteiger partial charge in [-0.3, -0.25) is 4.79 Å². The molecule has 2 rings (SSSR count). The second-order valence-corrected chi connectivity index (χ2v) is 7.04. The number of aliphatic carboxylic acids is 1. The highest BCUT2D eigenvalue weighted by Crippen LogP contribution is 2.33. The molecule has 0 aromatic carbocycles. The van der Waals surface area contributed by atoms with Gasteiger partial charge >= 0.3 is 12.0 Å². The predicted molar refractivity (Wildman–Crippen MR) is 80.1 cm³/mol. The quantitative estimate of drug-likeness (QED) is 0.728. The minimum absolute atomic E-state index is 0.0248. The number of carboxylic acid groups (broad SMARTS) is 1. The third-order valence-corrected chi connectivity index (χ3v) is 5.67. The number of amides is 2. The van der Waals surface area contributed by atoms with Crippen molar-refractivity contribution in [3.63, 3.8) is 0 Å². The molecule has 2 saturated carbocycles. The first kappa shape index (κ1) is 15.5. The molecule has 0 heterocycles. The smallest absolute Gasteiger partial charge is 0.315 e. The van der Waals surface area contributed by atoms with Crippen LogP contribution in [0.2, 0.25) is 0 Å². The summed E-state index contributed by atoms with van der Waals surface area (Å²) >= 11 is 1.80. The topological polar surface area (TPSA) is 78.4 Å². The number of nitrogens with one attached hydrogen (secondary N) is 2. The Bertz CT molecular complexity index is 369. The zero-order valence-electron chi connectivity index (χ0n) is 12.0. The van der Waals surface area contributed by atoms with Crippen molar-refractivity contribution in [1.29, 1.82) is 0 Å². The van der Waals surface area contributed by atoms with Crippen molar-refractivity contribution in [1.82, 2.24) is 10.6 Å². The highest BCUT2D eigenvalue weighted by Gasteiger charge is 2.38. The van der Waals surface area contributed by atoms with E-state index in [-0.39, 0.29) is 18.5 Å². The van der Waals surface area contributed by atoms with Crippen LogP contribution in [0, 0.1) is 0 Å². The van der Waals surface area contributed by atoms with Crippen LogP contribution < -0.4 is 10.6 Å². The zero-order valence-corrected chi connectivity index (χ0v) is 12.8. The summed E-state index contributed by atoms with van der Waals surface area (Å²) in [5, 5.41) is 15.5. The standard InChI is InChI=1S/C14H24N2O3S/c1-20-11-6-4-5-10(11)15-13(19)16-14(9-12(17)18)7-2-3-8-14/h10-11H,2-9H2,1H3,(H,17,18)(H2,15,16,19). The first-order chi connectivity index (χ1) is 9.54. The molecule has 2 atom stereocenters. The minimum Gasteiger partial charge on any atom is -0.481 e. The Morgan fingerprint density at radius 2 is 1.95 bits per heavy atom. The second kappa shape index (κ2) is 6.70. The summed E-state index contributed by atoms with van der Waals surface area (Å²) in [7, 11) is 0. The van der Waals surface area contributed by atoms with Gasteiger partial charge in [0.25, 0.3) is 0 Å². The molecule has 114 valence electrons. The summed E-state index contributed by atoms with van der Waals surface area (Å²) in [5.41, 5.74) is -0.538. The summed E-state index contributed by atoms with van der Waals surface area (Å²) in [6, 6.07) is 0.0207. The van der Waals surface area contributed by atoms with E-state index >= 15 is 0 Å². The van der Waals surface area contributed by atoms with Gasteiger partial charge in [-0.2, -0.15) is 11.8 Å². The molecular formula is C14H24N2O3S. The van der Waals surface area contributed by atoms with E-state index in [4.69, 9.17) is 5.11 Å². The lowest BCUT2D eigenvalue weighted by molar-refractivity contribution is -0.138. The SMILES string of the molecule is CSC1CCCC1NC(=O)NC1(CC(=O)O)CCCC1. The van der Waals surface area contributed by atoms with Gasteiger partial charge in [-0.15, -0.1) is 0 Å². The first-order valence-electron chi connectivity index (χ1n) is 7.38. The maximum absolute atomic E-state index is 12.2. The van der Waals surface area contributed by atoms with Crippen LogP contribution in [0.5, 0.6) is 0 Å². The lowest BCUT2D eigenvalue weighted by Gasteiger charge is -2.30. The highest BCUT2D eigenvalue weighted by atomic mass is 32.2. The van der Waals surface area contributed by atoms with Crippen molar-refractivity contribution < 1.29 is 14.7 Å². The van der Waals surface area contributed by atoms with E-state index in [0.29, 0.717) is 5.25 Å². The van der Waals surface area contributed by atoms with Crippen molar-refractivity contribution in [2.75, 3.05) is 6.26 Å². The summed E-state index contributed by atoms with van der Waals surface area (Å²) in [5.74, 6) is -0.838. The molecule has 5 nitrogen and oxygen atoms in total. The van der Waals surface area contributed by atoms with E-state index in [2.05, 4.69) is 16.9 Å². The fourth-order valence-corrected chi connectivity index (χ4v) is 4.44. The normalized spacial score (nSPS) is 28.2. The summed E-state index contributed by atoms with van der Waals surface area (Å²) in [6.45, 7) is 0. The van der Waals surface area contributed by atoms with Crippen molar-refractivity contribution in [3.05, 3.63) is 0 Å². The number of hydrogen-bond acceptors (Lipinski definition) is 3. The molecule has 2 aliphatic rings. The Hall–Kier alpha value is -0.910. The number of urea groups is 1. The van der Waals surface area contributed by atoms with Crippen LogP contribution in [-0.4, -0.2) is 40.2 Å². The Morgan fingerprint density at radius 3 is 2.55 bits per heavy atom. The highest BCUT2D eigenvalue weighted by molar-refractivity contribution is 7.99. The molecule has 0 saturated heterocycles. The number of hydrogen-bond donors (Lipinski definition) is 3. The first-order valence-corrected chi connectivity index (χ1v) is 8.67. The van der Waals surface area contributed by atoms with Gasteiger partial charge < -0.3 is 15.7 Å². The zero-order chi connectivity index (χ0) is 14.6. The molecule has 6 heteroatoms. The van der Waals surface area contributed by atoms with Crippen molar-refractivity contribution in [3.8, 4) is 0 Å². The van der Waals surface area contributed by atoms with Gasteiger partial charge in [0, 0.05) is 11.3 Å². The van der Waals surface area contributed by atoms with Gasteiger partial charge in [0.1, 0.15) is 0 Å². The van der Waals surface area contributed by atoms with E-state index in [1.807, 2.05) is 0 Å². The Kier molecular flexibility index (Phi) is 5.18. The number of rotatable bonds is 5. The number of carbonyl (C=O) groups is 2. The van der Waals surface area contributed by atoms with Gasteiger partial charge in [0.05, 0.1) is 12.0 Å². The molecule has 0 aromatic rings. The maximum atomic E-state index is 12.2. The van der Waals surface area contributed by atoms with E-state index in [1.54, 1.807) is 11.8 Å². The van der Waals surface area contributed by atoms with Crippen molar-refractivity contribution >= 4 is 23.8 Å². The summed E-state index contributed by atoms with van der Waals surface area (Å²) in [4.78, 5) is 23.2. The Morgan fingerprint density at radius 1 is 1.25 bits per heavy atom. The van der Waals surface area contributed by atoms with Crippen LogP contribution in [0.3, 0.4) is 0 Å². The molecular weight excluding hydrogens is 276 g/mol. The molecule has 0 radical (unpaired) electrons.